The molecule has 1 N–H and O–H groups in total. The fraction of sp³-hybridized carbons (Fsp3) is 0.143. The van der Waals surface area contributed by atoms with Crippen molar-refractivity contribution in [3.05, 3.63) is 21.3 Å². The summed E-state index contributed by atoms with van der Waals surface area (Å²) in [5.41, 5.74) is 0.885. The van der Waals surface area contributed by atoms with Gasteiger partial charge in [-0.1, -0.05) is 11.6 Å². The van der Waals surface area contributed by atoms with Crippen LogP contribution in [0.5, 0.6) is 0 Å². The lowest BCUT2D eigenvalue weighted by molar-refractivity contribution is -0.115. The molecule has 1 amide bonds. The molecule has 0 aromatic carbocycles. The second kappa shape index (κ2) is 2.71. The highest BCUT2D eigenvalue weighted by Crippen LogP contribution is 2.28. The lowest BCUT2D eigenvalue weighted by Gasteiger charge is -1.99. The summed E-state index contributed by atoms with van der Waals surface area (Å²) in [7, 11) is 0. The van der Waals surface area contributed by atoms with Gasteiger partial charge in [0, 0.05) is 5.56 Å². The average Bonchev–Trinajstić information content (AvgIpc) is 2.30. The normalized spacial score (nSPS) is 14.3. The van der Waals surface area contributed by atoms with Crippen LogP contribution in [-0.2, 0) is 11.2 Å². The third-order valence-electron chi connectivity index (χ3n) is 1.62. The fourth-order valence-corrected chi connectivity index (χ4v) is 1.60. The summed E-state index contributed by atoms with van der Waals surface area (Å²) in [6.45, 7) is 0. The van der Waals surface area contributed by atoms with Crippen LogP contribution in [0.4, 0.5) is 5.82 Å². The van der Waals surface area contributed by atoms with Gasteiger partial charge in [0.15, 0.2) is 0 Å². The Morgan fingerprint density at radius 3 is 3.17 bits per heavy atom. The van der Waals surface area contributed by atoms with Crippen LogP contribution in [0.15, 0.2) is 10.5 Å². The van der Waals surface area contributed by atoms with Gasteiger partial charge in [0.1, 0.15) is 11.0 Å². The SMILES string of the molecule is O=C1Cc2cc(Br)c(Cl)nc2N1. The van der Waals surface area contributed by atoms with Gasteiger partial charge in [-0.25, -0.2) is 4.98 Å². The van der Waals surface area contributed by atoms with Gasteiger partial charge >= 0.3 is 0 Å². The average molecular weight is 247 g/mol. The Balaban J connectivity index is 2.55. The standard InChI is InChI=1S/C7H4BrClN2O/c8-4-1-3-2-5(12)10-7(3)11-6(4)9/h1H,2H2,(H,10,11,12). The molecule has 0 saturated carbocycles. The van der Waals surface area contributed by atoms with E-state index in [2.05, 4.69) is 26.2 Å². The second-order valence-corrected chi connectivity index (χ2v) is 3.71. The van der Waals surface area contributed by atoms with Crippen molar-refractivity contribution < 1.29 is 4.79 Å². The molecule has 0 spiro atoms. The van der Waals surface area contributed by atoms with Gasteiger partial charge in [-0.2, -0.15) is 0 Å². The molecule has 1 aliphatic rings. The van der Waals surface area contributed by atoms with E-state index < -0.39 is 0 Å². The number of hydrogen-bond donors (Lipinski definition) is 1. The molecule has 0 bridgehead atoms. The minimum Gasteiger partial charge on any atom is -0.310 e. The minimum absolute atomic E-state index is 0.0355. The first-order chi connectivity index (χ1) is 5.66. The van der Waals surface area contributed by atoms with E-state index in [4.69, 9.17) is 11.6 Å². The first kappa shape index (κ1) is 8.01. The number of pyridine rings is 1. The Bertz CT molecular complexity index is 334. The Labute approximate surface area is 82.3 Å². The van der Waals surface area contributed by atoms with E-state index in [1.807, 2.05) is 6.07 Å². The number of carbonyl (C=O) groups is 1. The number of amides is 1. The van der Waals surface area contributed by atoms with Gasteiger partial charge in [-0.15, -0.1) is 0 Å². The highest BCUT2D eigenvalue weighted by Gasteiger charge is 2.20. The number of carbonyl (C=O) groups excluding carboxylic acids is 1. The maximum absolute atomic E-state index is 10.9. The third-order valence-corrected chi connectivity index (χ3v) is 2.74. The predicted molar refractivity (Wildman–Crippen MR) is 49.3 cm³/mol. The Morgan fingerprint density at radius 2 is 2.42 bits per heavy atom. The van der Waals surface area contributed by atoms with Crippen LogP contribution in [0.1, 0.15) is 5.56 Å². The van der Waals surface area contributed by atoms with E-state index in [1.54, 1.807) is 0 Å². The molecule has 0 saturated heterocycles. The van der Waals surface area contributed by atoms with Crippen LogP contribution in [-0.4, -0.2) is 10.9 Å². The van der Waals surface area contributed by atoms with Crippen molar-refractivity contribution in [1.82, 2.24) is 4.98 Å². The fourth-order valence-electron chi connectivity index (χ4n) is 1.10. The van der Waals surface area contributed by atoms with Gasteiger partial charge < -0.3 is 5.32 Å². The molecule has 0 atom stereocenters. The van der Waals surface area contributed by atoms with Crippen LogP contribution < -0.4 is 5.32 Å². The lowest BCUT2D eigenvalue weighted by atomic mass is 10.2. The Hall–Kier alpha value is -0.610. The van der Waals surface area contributed by atoms with Crippen LogP contribution in [0, 0.1) is 0 Å². The molecule has 1 aromatic heterocycles. The number of anilines is 1. The number of fused-ring (bicyclic) bond motifs is 1. The van der Waals surface area contributed by atoms with E-state index in [0.717, 1.165) is 10.0 Å². The highest BCUT2D eigenvalue weighted by atomic mass is 79.9. The van der Waals surface area contributed by atoms with Crippen LogP contribution in [0.3, 0.4) is 0 Å². The van der Waals surface area contributed by atoms with Gasteiger partial charge in [-0.3, -0.25) is 4.79 Å². The van der Waals surface area contributed by atoms with E-state index in [-0.39, 0.29) is 5.91 Å². The molecule has 1 aliphatic heterocycles. The maximum Gasteiger partial charge on any atom is 0.230 e. The van der Waals surface area contributed by atoms with Crippen LogP contribution in [0.25, 0.3) is 0 Å². The largest absolute Gasteiger partial charge is 0.310 e. The molecule has 0 aliphatic carbocycles. The zero-order chi connectivity index (χ0) is 8.72. The molecule has 0 radical (unpaired) electrons. The number of hydrogen-bond acceptors (Lipinski definition) is 2. The van der Waals surface area contributed by atoms with Crippen molar-refractivity contribution in [2.45, 2.75) is 6.42 Å². The molecule has 2 rings (SSSR count). The Morgan fingerprint density at radius 1 is 1.67 bits per heavy atom. The van der Waals surface area contributed by atoms with E-state index >= 15 is 0 Å². The molecule has 0 unspecified atom stereocenters. The van der Waals surface area contributed by atoms with Crippen LogP contribution in [0.2, 0.25) is 5.15 Å². The molecule has 3 nitrogen and oxygen atoms in total. The Kier molecular flexibility index (Phi) is 1.81. The second-order valence-electron chi connectivity index (χ2n) is 2.49. The van der Waals surface area contributed by atoms with Crippen molar-refractivity contribution in [1.29, 1.82) is 0 Å². The van der Waals surface area contributed by atoms with Crippen molar-refractivity contribution in [2.75, 3.05) is 5.32 Å². The number of rotatable bonds is 0. The summed E-state index contributed by atoms with van der Waals surface area (Å²) in [6.07, 6.45) is 0.387. The monoisotopic (exact) mass is 246 g/mol. The smallest absolute Gasteiger partial charge is 0.230 e. The highest BCUT2D eigenvalue weighted by molar-refractivity contribution is 9.10. The zero-order valence-corrected chi connectivity index (χ0v) is 8.24. The summed E-state index contributed by atoms with van der Waals surface area (Å²) in [5, 5.41) is 2.98. The topological polar surface area (TPSA) is 42.0 Å². The molecule has 1 aromatic rings. The first-order valence-corrected chi connectivity index (χ1v) is 4.48. The van der Waals surface area contributed by atoms with Crippen LogP contribution >= 0.6 is 27.5 Å². The number of nitrogens with zero attached hydrogens (tertiary/aromatic N) is 1. The molecule has 2 heterocycles. The minimum atomic E-state index is -0.0355. The summed E-state index contributed by atoms with van der Waals surface area (Å²) in [5.74, 6) is 0.542. The van der Waals surface area contributed by atoms with Gasteiger partial charge in [0.2, 0.25) is 5.91 Å². The van der Waals surface area contributed by atoms with E-state index in [1.165, 1.54) is 0 Å². The van der Waals surface area contributed by atoms with Crippen molar-refractivity contribution in [3.63, 3.8) is 0 Å². The number of aromatic nitrogens is 1. The van der Waals surface area contributed by atoms with Gasteiger partial charge in [-0.05, 0) is 22.0 Å². The summed E-state index contributed by atoms with van der Waals surface area (Å²) in [4.78, 5) is 14.9. The molecular formula is C7H4BrClN2O. The quantitative estimate of drug-likeness (QED) is 0.713. The van der Waals surface area contributed by atoms with Crippen molar-refractivity contribution in [2.24, 2.45) is 0 Å². The summed E-state index contributed by atoms with van der Waals surface area (Å²) in [6, 6.07) is 1.81. The molecular weight excluding hydrogens is 243 g/mol. The van der Waals surface area contributed by atoms with Gasteiger partial charge in [0.05, 0.1) is 10.9 Å². The molecule has 0 fully saturated rings. The van der Waals surface area contributed by atoms with Crippen molar-refractivity contribution in [3.8, 4) is 0 Å². The molecule has 62 valence electrons. The van der Waals surface area contributed by atoms with E-state index in [9.17, 15) is 4.79 Å². The third kappa shape index (κ3) is 1.21. The van der Waals surface area contributed by atoms with Crippen molar-refractivity contribution >= 4 is 39.3 Å². The first-order valence-electron chi connectivity index (χ1n) is 3.31. The molecule has 12 heavy (non-hydrogen) atoms. The number of nitrogens with one attached hydrogen (secondary N) is 1. The predicted octanol–water partition coefficient (Wildman–Crippen LogP) is 1.99. The van der Waals surface area contributed by atoms with E-state index in [0.29, 0.717) is 17.4 Å². The number of halogens is 2. The van der Waals surface area contributed by atoms with Gasteiger partial charge in [0.25, 0.3) is 0 Å². The summed E-state index contributed by atoms with van der Waals surface area (Å²) >= 11 is 8.97. The zero-order valence-electron chi connectivity index (χ0n) is 5.90. The maximum atomic E-state index is 10.9. The molecule has 5 heteroatoms. The lowest BCUT2D eigenvalue weighted by Crippen LogP contribution is -2.04. The summed E-state index contributed by atoms with van der Waals surface area (Å²) < 4.78 is 0.722.